The van der Waals surface area contributed by atoms with Crippen molar-refractivity contribution in [3.05, 3.63) is 98.4 Å². The molecule has 146 valence electrons. The fourth-order valence-corrected chi connectivity index (χ4v) is 3.17. The van der Waals surface area contributed by atoms with E-state index in [0.717, 1.165) is 24.1 Å². The largest absolute Gasteiger partial charge is 0.487 e. The number of ether oxygens (including phenoxy) is 1. The van der Waals surface area contributed by atoms with Gasteiger partial charge in [-0.3, -0.25) is 4.79 Å². The lowest BCUT2D eigenvalue weighted by Crippen LogP contribution is -2.21. The quantitative estimate of drug-likeness (QED) is 0.600. The first-order valence-corrected chi connectivity index (χ1v) is 9.34. The van der Waals surface area contributed by atoms with Gasteiger partial charge < -0.3 is 9.30 Å². The first-order valence-electron chi connectivity index (χ1n) is 8.55. The summed E-state index contributed by atoms with van der Waals surface area (Å²) in [6.45, 7) is 0.342. The fraction of sp³-hybridized carbons (Fsp3) is 0.190. The maximum absolute atomic E-state index is 12.9. The Kier molecular flexibility index (Phi) is 6.24. The lowest BCUT2D eigenvalue weighted by Gasteiger charge is -2.13. The Labute approximate surface area is 168 Å². The molecule has 0 saturated carbocycles. The zero-order valence-electron chi connectivity index (χ0n) is 14.7. The van der Waals surface area contributed by atoms with Gasteiger partial charge >= 0.3 is 6.18 Å². The number of rotatable bonds is 5. The van der Waals surface area contributed by atoms with Crippen molar-refractivity contribution in [1.82, 2.24) is 4.57 Å². The van der Waals surface area contributed by atoms with Crippen molar-refractivity contribution in [2.75, 3.05) is 6.61 Å². The van der Waals surface area contributed by atoms with E-state index in [1.807, 2.05) is 30.4 Å². The number of aromatic nitrogens is 1. The standard InChI is InChI=1S/C21H17BrF3NO2/c22-19-18(28-14-15-6-3-1-2-4-7-15)10-11-26(20(19)27)13-16-8-5-9-17(12-16)21(23,24)25/h1-3,5-12H,4,13-14H2. The van der Waals surface area contributed by atoms with Crippen LogP contribution in [0.15, 0.2) is 81.7 Å². The number of allylic oxidation sites excluding steroid dienone is 4. The Morgan fingerprint density at radius 2 is 2.00 bits per heavy atom. The third-order valence-corrected chi connectivity index (χ3v) is 4.88. The van der Waals surface area contributed by atoms with Crippen LogP contribution in [0.2, 0.25) is 0 Å². The summed E-state index contributed by atoms with van der Waals surface area (Å²) in [4.78, 5) is 12.6. The average molecular weight is 452 g/mol. The highest BCUT2D eigenvalue weighted by atomic mass is 79.9. The minimum atomic E-state index is -4.42. The Balaban J connectivity index is 1.75. The summed E-state index contributed by atoms with van der Waals surface area (Å²) in [6.07, 6.45) is 7.77. The summed E-state index contributed by atoms with van der Waals surface area (Å²) in [5.74, 6) is 0.386. The Morgan fingerprint density at radius 3 is 2.79 bits per heavy atom. The van der Waals surface area contributed by atoms with Crippen molar-refractivity contribution < 1.29 is 17.9 Å². The van der Waals surface area contributed by atoms with Gasteiger partial charge in [0.15, 0.2) is 0 Å². The molecular weight excluding hydrogens is 435 g/mol. The van der Waals surface area contributed by atoms with Crippen LogP contribution in [0.1, 0.15) is 17.5 Å². The lowest BCUT2D eigenvalue weighted by molar-refractivity contribution is -0.137. The van der Waals surface area contributed by atoms with E-state index in [2.05, 4.69) is 15.9 Å². The van der Waals surface area contributed by atoms with Crippen LogP contribution >= 0.6 is 15.9 Å². The van der Waals surface area contributed by atoms with Gasteiger partial charge in [-0.25, -0.2) is 0 Å². The molecule has 0 amide bonds. The second-order valence-corrected chi connectivity index (χ2v) is 7.01. The second kappa shape index (κ2) is 8.65. The molecule has 0 N–H and O–H groups in total. The Morgan fingerprint density at radius 1 is 1.18 bits per heavy atom. The highest BCUT2D eigenvalue weighted by Gasteiger charge is 2.30. The molecule has 7 heteroatoms. The molecule has 0 spiro atoms. The minimum absolute atomic E-state index is 0.0290. The first-order chi connectivity index (χ1) is 13.3. The predicted molar refractivity (Wildman–Crippen MR) is 105 cm³/mol. The third kappa shape index (κ3) is 5.04. The average Bonchev–Trinajstić information content (AvgIpc) is 2.93. The minimum Gasteiger partial charge on any atom is -0.487 e. The third-order valence-electron chi connectivity index (χ3n) is 4.15. The van der Waals surface area contributed by atoms with E-state index < -0.39 is 11.7 Å². The zero-order chi connectivity index (χ0) is 20.1. The number of alkyl halides is 3. The van der Waals surface area contributed by atoms with E-state index in [4.69, 9.17) is 4.74 Å². The SMILES string of the molecule is O=c1c(Br)c(OCC2=CCC=CC=C2)ccn1Cc1cccc(C(F)(F)F)c1. The van der Waals surface area contributed by atoms with Crippen molar-refractivity contribution >= 4 is 15.9 Å². The number of halogens is 4. The molecule has 1 aromatic heterocycles. The lowest BCUT2D eigenvalue weighted by atomic mass is 10.1. The van der Waals surface area contributed by atoms with Crippen LogP contribution in [-0.2, 0) is 12.7 Å². The molecule has 0 fully saturated rings. The smallest absolute Gasteiger partial charge is 0.416 e. The highest BCUT2D eigenvalue weighted by molar-refractivity contribution is 9.10. The van der Waals surface area contributed by atoms with Gasteiger partial charge in [0.1, 0.15) is 16.8 Å². The first kappa shape index (κ1) is 20.2. The highest BCUT2D eigenvalue weighted by Crippen LogP contribution is 2.29. The molecule has 2 aromatic rings. The maximum atomic E-state index is 12.9. The van der Waals surface area contributed by atoms with Crippen LogP contribution in [0.25, 0.3) is 0 Å². The molecule has 1 heterocycles. The van der Waals surface area contributed by atoms with Crippen LogP contribution in [0, 0.1) is 0 Å². The summed E-state index contributed by atoms with van der Waals surface area (Å²) >= 11 is 3.24. The monoisotopic (exact) mass is 451 g/mol. The van der Waals surface area contributed by atoms with E-state index in [0.29, 0.717) is 17.9 Å². The molecule has 0 radical (unpaired) electrons. The number of pyridine rings is 1. The molecule has 0 atom stereocenters. The number of hydrogen-bond acceptors (Lipinski definition) is 2. The van der Waals surface area contributed by atoms with Crippen molar-refractivity contribution in [3.8, 4) is 5.75 Å². The van der Waals surface area contributed by atoms with E-state index in [1.165, 1.54) is 16.8 Å². The van der Waals surface area contributed by atoms with Gasteiger partial charge in [-0.05, 0) is 51.7 Å². The normalized spacial score (nSPS) is 13.9. The Bertz CT molecular complexity index is 1000. The van der Waals surface area contributed by atoms with E-state index >= 15 is 0 Å². The van der Waals surface area contributed by atoms with Crippen LogP contribution in [0.5, 0.6) is 5.75 Å². The number of hydrogen-bond donors (Lipinski definition) is 0. The molecule has 1 aliphatic rings. The summed E-state index contributed by atoms with van der Waals surface area (Å²) in [5.41, 5.74) is 0.266. The fourth-order valence-electron chi connectivity index (χ4n) is 2.70. The van der Waals surface area contributed by atoms with Gasteiger partial charge in [-0.15, -0.1) is 0 Å². The van der Waals surface area contributed by atoms with Crippen molar-refractivity contribution in [2.45, 2.75) is 19.1 Å². The van der Waals surface area contributed by atoms with Crippen LogP contribution in [-0.4, -0.2) is 11.2 Å². The van der Waals surface area contributed by atoms with Crippen LogP contribution in [0.4, 0.5) is 13.2 Å². The molecule has 0 aliphatic heterocycles. The maximum Gasteiger partial charge on any atom is 0.416 e. The van der Waals surface area contributed by atoms with E-state index in [1.54, 1.807) is 12.1 Å². The van der Waals surface area contributed by atoms with E-state index in [9.17, 15) is 18.0 Å². The molecule has 3 nitrogen and oxygen atoms in total. The number of benzene rings is 1. The van der Waals surface area contributed by atoms with Gasteiger partial charge in [0.25, 0.3) is 5.56 Å². The summed E-state index contributed by atoms with van der Waals surface area (Å²) in [7, 11) is 0. The molecule has 1 aromatic carbocycles. The van der Waals surface area contributed by atoms with Crippen molar-refractivity contribution in [2.24, 2.45) is 0 Å². The van der Waals surface area contributed by atoms with Gasteiger partial charge in [0, 0.05) is 6.20 Å². The summed E-state index contributed by atoms with van der Waals surface area (Å²) in [5, 5.41) is 0. The molecule has 0 unspecified atom stereocenters. The molecule has 0 saturated heterocycles. The topological polar surface area (TPSA) is 31.2 Å². The number of nitrogens with zero attached hydrogens (tertiary/aromatic N) is 1. The van der Waals surface area contributed by atoms with Gasteiger partial charge in [0.05, 0.1) is 12.1 Å². The molecule has 1 aliphatic carbocycles. The molecule has 3 rings (SSSR count). The summed E-state index contributed by atoms with van der Waals surface area (Å²) < 4.78 is 45.9. The predicted octanol–water partition coefficient (Wildman–Crippen LogP) is 5.50. The zero-order valence-corrected chi connectivity index (χ0v) is 16.3. The molecular formula is C21H17BrF3NO2. The van der Waals surface area contributed by atoms with E-state index in [-0.39, 0.29) is 16.6 Å². The molecule has 28 heavy (non-hydrogen) atoms. The summed E-state index contributed by atoms with van der Waals surface area (Å²) in [6, 6.07) is 6.56. The van der Waals surface area contributed by atoms with Gasteiger partial charge in [0.2, 0.25) is 0 Å². The Hall–Kier alpha value is -2.54. The van der Waals surface area contributed by atoms with Gasteiger partial charge in [-0.1, -0.05) is 42.5 Å². The van der Waals surface area contributed by atoms with Crippen molar-refractivity contribution in [1.29, 1.82) is 0 Å². The second-order valence-electron chi connectivity index (χ2n) is 6.22. The van der Waals surface area contributed by atoms with Crippen LogP contribution in [0.3, 0.4) is 0 Å². The van der Waals surface area contributed by atoms with Crippen LogP contribution < -0.4 is 10.3 Å². The molecule has 0 bridgehead atoms. The van der Waals surface area contributed by atoms with Gasteiger partial charge in [-0.2, -0.15) is 13.2 Å². The van der Waals surface area contributed by atoms with Crippen molar-refractivity contribution in [3.63, 3.8) is 0 Å².